The molecule has 0 fully saturated rings. The average molecular weight is 349 g/mol. The predicted molar refractivity (Wildman–Crippen MR) is 111 cm³/mol. The van der Waals surface area contributed by atoms with Gasteiger partial charge in [-0.1, -0.05) is 72.3 Å². The standard InChI is InChI=1S/C24H19N3/c1-17-9-11-19(12-10-17)24-26-22-13-14-25-15-23(22)27(24)16-20-7-4-6-18-5-2-3-8-21(18)20/h2-15H,16H2,1H3. The lowest BCUT2D eigenvalue weighted by molar-refractivity contribution is 0.839. The zero-order valence-corrected chi connectivity index (χ0v) is 15.1. The lowest BCUT2D eigenvalue weighted by atomic mass is 10.0. The van der Waals surface area contributed by atoms with Gasteiger partial charge in [0.25, 0.3) is 0 Å². The highest BCUT2D eigenvalue weighted by Crippen LogP contribution is 2.27. The molecule has 0 aliphatic rings. The molecule has 0 bridgehead atoms. The molecule has 0 N–H and O–H groups in total. The molecular weight excluding hydrogens is 330 g/mol. The number of rotatable bonds is 3. The second kappa shape index (κ2) is 6.36. The molecule has 0 atom stereocenters. The smallest absolute Gasteiger partial charge is 0.141 e. The molecule has 27 heavy (non-hydrogen) atoms. The first kappa shape index (κ1) is 15.8. The van der Waals surface area contributed by atoms with Crippen molar-refractivity contribution < 1.29 is 0 Å². The van der Waals surface area contributed by atoms with E-state index in [-0.39, 0.29) is 0 Å². The van der Waals surface area contributed by atoms with Crippen molar-refractivity contribution in [3.63, 3.8) is 0 Å². The summed E-state index contributed by atoms with van der Waals surface area (Å²) in [6.07, 6.45) is 3.71. The maximum Gasteiger partial charge on any atom is 0.141 e. The molecule has 0 radical (unpaired) electrons. The van der Waals surface area contributed by atoms with Gasteiger partial charge in [-0.25, -0.2) is 4.98 Å². The summed E-state index contributed by atoms with van der Waals surface area (Å²) in [5, 5.41) is 2.54. The molecule has 3 heteroatoms. The molecule has 2 heterocycles. The Morgan fingerprint density at radius 3 is 2.56 bits per heavy atom. The van der Waals surface area contributed by atoms with Gasteiger partial charge < -0.3 is 4.57 Å². The van der Waals surface area contributed by atoms with E-state index in [1.54, 1.807) is 6.20 Å². The monoisotopic (exact) mass is 349 g/mol. The van der Waals surface area contributed by atoms with Crippen molar-refractivity contribution in [1.82, 2.24) is 14.5 Å². The van der Waals surface area contributed by atoms with Gasteiger partial charge in [-0.05, 0) is 29.3 Å². The van der Waals surface area contributed by atoms with Crippen molar-refractivity contribution in [2.75, 3.05) is 0 Å². The summed E-state index contributed by atoms with van der Waals surface area (Å²) in [5.74, 6) is 0.978. The number of hydrogen-bond acceptors (Lipinski definition) is 2. The third kappa shape index (κ3) is 2.77. The highest BCUT2D eigenvalue weighted by atomic mass is 15.1. The quantitative estimate of drug-likeness (QED) is 0.424. The number of aromatic nitrogens is 3. The molecule has 0 spiro atoms. The Balaban J connectivity index is 1.72. The molecule has 0 aliphatic carbocycles. The zero-order chi connectivity index (χ0) is 18.2. The van der Waals surface area contributed by atoms with Crippen LogP contribution in [0.15, 0.2) is 85.2 Å². The second-order valence-corrected chi connectivity index (χ2v) is 6.89. The minimum Gasteiger partial charge on any atom is -0.318 e. The molecular formula is C24H19N3. The van der Waals surface area contributed by atoms with E-state index in [2.05, 4.69) is 83.2 Å². The minimum absolute atomic E-state index is 0.757. The Morgan fingerprint density at radius 1 is 0.852 bits per heavy atom. The van der Waals surface area contributed by atoms with Crippen LogP contribution in [0.5, 0.6) is 0 Å². The molecule has 5 rings (SSSR count). The molecule has 5 aromatic rings. The number of fused-ring (bicyclic) bond motifs is 2. The summed E-state index contributed by atoms with van der Waals surface area (Å²) in [6.45, 7) is 2.86. The fourth-order valence-electron chi connectivity index (χ4n) is 3.65. The van der Waals surface area contributed by atoms with Crippen LogP contribution < -0.4 is 0 Å². The van der Waals surface area contributed by atoms with E-state index < -0.39 is 0 Å². The Kier molecular flexibility index (Phi) is 3.72. The fourth-order valence-corrected chi connectivity index (χ4v) is 3.65. The lowest BCUT2D eigenvalue weighted by Gasteiger charge is -2.12. The van der Waals surface area contributed by atoms with Gasteiger partial charge in [0.05, 0.1) is 23.8 Å². The third-order valence-electron chi connectivity index (χ3n) is 5.07. The van der Waals surface area contributed by atoms with Gasteiger partial charge in [-0.15, -0.1) is 0 Å². The van der Waals surface area contributed by atoms with Crippen LogP contribution in [-0.4, -0.2) is 14.5 Å². The molecule has 3 nitrogen and oxygen atoms in total. The molecule has 0 unspecified atom stereocenters. The Labute approximate surface area is 157 Å². The highest BCUT2D eigenvalue weighted by molar-refractivity contribution is 5.86. The van der Waals surface area contributed by atoms with E-state index in [1.807, 2.05) is 12.3 Å². The van der Waals surface area contributed by atoms with Gasteiger partial charge in [-0.3, -0.25) is 4.98 Å². The number of benzene rings is 3. The Morgan fingerprint density at radius 2 is 1.67 bits per heavy atom. The van der Waals surface area contributed by atoms with Crippen LogP contribution >= 0.6 is 0 Å². The van der Waals surface area contributed by atoms with Crippen molar-refractivity contribution in [1.29, 1.82) is 0 Å². The first-order valence-corrected chi connectivity index (χ1v) is 9.13. The lowest BCUT2D eigenvalue weighted by Crippen LogP contribution is -2.03. The number of aryl methyl sites for hydroxylation is 1. The van der Waals surface area contributed by atoms with E-state index in [0.29, 0.717) is 0 Å². The maximum absolute atomic E-state index is 4.91. The normalized spacial score (nSPS) is 11.3. The van der Waals surface area contributed by atoms with Gasteiger partial charge in [0.2, 0.25) is 0 Å². The van der Waals surface area contributed by atoms with Gasteiger partial charge >= 0.3 is 0 Å². The summed E-state index contributed by atoms with van der Waals surface area (Å²) < 4.78 is 2.27. The van der Waals surface area contributed by atoms with Crippen molar-refractivity contribution in [3.05, 3.63) is 96.3 Å². The third-order valence-corrected chi connectivity index (χ3v) is 5.07. The number of nitrogens with zero attached hydrogens (tertiary/aromatic N) is 3. The summed E-state index contributed by atoms with van der Waals surface area (Å²) in [6, 6.07) is 25.5. The summed E-state index contributed by atoms with van der Waals surface area (Å²) in [5.41, 5.74) is 5.68. The maximum atomic E-state index is 4.91. The molecule has 2 aromatic heterocycles. The van der Waals surface area contributed by atoms with Crippen molar-refractivity contribution in [3.8, 4) is 11.4 Å². The summed E-state index contributed by atoms with van der Waals surface area (Å²) in [4.78, 5) is 9.25. The number of hydrogen-bond donors (Lipinski definition) is 0. The number of pyridine rings is 1. The SMILES string of the molecule is Cc1ccc(-c2nc3ccncc3n2Cc2cccc3ccccc23)cc1. The van der Waals surface area contributed by atoms with Gasteiger partial charge in [0.1, 0.15) is 5.82 Å². The zero-order valence-electron chi connectivity index (χ0n) is 15.1. The van der Waals surface area contributed by atoms with E-state index in [4.69, 9.17) is 4.98 Å². The molecule has 130 valence electrons. The van der Waals surface area contributed by atoms with Crippen LogP contribution in [0.1, 0.15) is 11.1 Å². The van der Waals surface area contributed by atoms with Crippen LogP contribution in [0.25, 0.3) is 33.2 Å². The minimum atomic E-state index is 0.757. The van der Waals surface area contributed by atoms with E-state index in [9.17, 15) is 0 Å². The van der Waals surface area contributed by atoms with Gasteiger partial charge in [-0.2, -0.15) is 0 Å². The average Bonchev–Trinajstić information content (AvgIpc) is 3.07. The molecule has 0 saturated carbocycles. The predicted octanol–water partition coefficient (Wildman–Crippen LogP) is 5.61. The molecule has 0 saturated heterocycles. The first-order valence-electron chi connectivity index (χ1n) is 9.13. The topological polar surface area (TPSA) is 30.7 Å². The first-order chi connectivity index (χ1) is 13.3. The van der Waals surface area contributed by atoms with Crippen molar-refractivity contribution in [2.45, 2.75) is 13.5 Å². The van der Waals surface area contributed by atoms with Crippen molar-refractivity contribution >= 4 is 21.8 Å². The fraction of sp³-hybridized carbons (Fsp3) is 0.0833. The Hall–Kier alpha value is -3.46. The van der Waals surface area contributed by atoms with Crippen LogP contribution in [0.2, 0.25) is 0 Å². The molecule has 0 aliphatic heterocycles. The second-order valence-electron chi connectivity index (χ2n) is 6.89. The summed E-state index contributed by atoms with van der Waals surface area (Å²) in [7, 11) is 0. The van der Waals surface area contributed by atoms with Crippen LogP contribution in [0, 0.1) is 6.92 Å². The van der Waals surface area contributed by atoms with Crippen LogP contribution in [0.3, 0.4) is 0 Å². The van der Waals surface area contributed by atoms with Gasteiger partial charge in [0, 0.05) is 11.8 Å². The Bertz CT molecular complexity index is 1240. The molecule has 3 aromatic carbocycles. The van der Waals surface area contributed by atoms with Crippen LogP contribution in [0.4, 0.5) is 0 Å². The van der Waals surface area contributed by atoms with Gasteiger partial charge in [0.15, 0.2) is 0 Å². The molecule has 0 amide bonds. The van der Waals surface area contributed by atoms with Crippen molar-refractivity contribution in [2.24, 2.45) is 0 Å². The largest absolute Gasteiger partial charge is 0.318 e. The highest BCUT2D eigenvalue weighted by Gasteiger charge is 2.14. The van der Waals surface area contributed by atoms with E-state index in [1.165, 1.54) is 21.9 Å². The van der Waals surface area contributed by atoms with Crippen LogP contribution in [-0.2, 0) is 6.54 Å². The van der Waals surface area contributed by atoms with E-state index >= 15 is 0 Å². The van der Waals surface area contributed by atoms with E-state index in [0.717, 1.165) is 29.0 Å². The summed E-state index contributed by atoms with van der Waals surface area (Å²) >= 11 is 0. The number of imidazole rings is 1.